The van der Waals surface area contributed by atoms with Crippen LogP contribution in [0, 0.1) is 0 Å². The second-order valence-corrected chi connectivity index (χ2v) is 7.64. The molecule has 2 rings (SSSR count). The van der Waals surface area contributed by atoms with E-state index in [2.05, 4.69) is 12.2 Å². The van der Waals surface area contributed by atoms with Gasteiger partial charge in [-0.15, -0.1) is 0 Å². The van der Waals surface area contributed by atoms with Crippen molar-refractivity contribution in [1.82, 2.24) is 5.32 Å². The van der Waals surface area contributed by atoms with Crippen LogP contribution in [0.4, 0.5) is 0 Å². The zero-order chi connectivity index (χ0) is 7.03. The minimum atomic E-state index is -0.0862. The van der Waals surface area contributed by atoms with E-state index in [1.807, 2.05) is 0 Å². The summed E-state index contributed by atoms with van der Waals surface area (Å²) in [7, 11) is -0.0862. The number of nitrogens with one attached hydrogen (secondary N) is 1. The Balaban J connectivity index is 2.03. The summed E-state index contributed by atoms with van der Waals surface area (Å²) in [6.45, 7) is 2.33. The van der Waals surface area contributed by atoms with Gasteiger partial charge in [0, 0.05) is 11.9 Å². The van der Waals surface area contributed by atoms with E-state index < -0.39 is 0 Å². The first-order chi connectivity index (χ1) is 4.81. The predicted octanol–water partition coefficient (Wildman–Crippen LogP) is 1.53. The van der Waals surface area contributed by atoms with Crippen LogP contribution in [-0.4, -0.2) is 29.2 Å². The fourth-order valence-corrected chi connectivity index (χ4v) is 6.59. The van der Waals surface area contributed by atoms with Crippen molar-refractivity contribution in [2.24, 2.45) is 0 Å². The lowest BCUT2D eigenvalue weighted by Gasteiger charge is -2.28. The van der Waals surface area contributed by atoms with Gasteiger partial charge in [0.05, 0.1) is 0 Å². The third-order valence-corrected chi connectivity index (χ3v) is 7.04. The van der Waals surface area contributed by atoms with Crippen molar-refractivity contribution >= 4 is 10.0 Å². The Morgan fingerprint density at radius 1 is 1.30 bits per heavy atom. The molecule has 10 heavy (non-hydrogen) atoms. The Morgan fingerprint density at radius 3 is 2.50 bits per heavy atom. The van der Waals surface area contributed by atoms with Crippen molar-refractivity contribution in [3.8, 4) is 0 Å². The third kappa shape index (κ3) is 1.08. The van der Waals surface area contributed by atoms with E-state index in [0.29, 0.717) is 0 Å². The molecule has 0 aliphatic carbocycles. The van der Waals surface area contributed by atoms with Gasteiger partial charge in [-0.25, -0.2) is 10.0 Å². The van der Waals surface area contributed by atoms with Gasteiger partial charge in [-0.2, -0.15) is 0 Å². The molecule has 2 fully saturated rings. The lowest BCUT2D eigenvalue weighted by Crippen LogP contribution is -2.18. The summed E-state index contributed by atoms with van der Waals surface area (Å²) in [5, 5.41) is 3.59. The van der Waals surface area contributed by atoms with E-state index in [1.165, 1.54) is 24.5 Å². The molecule has 2 aliphatic heterocycles. The lowest BCUT2D eigenvalue weighted by atomic mass is 10.4. The predicted molar refractivity (Wildman–Crippen MR) is 48.9 cm³/mol. The van der Waals surface area contributed by atoms with Gasteiger partial charge in [0.1, 0.15) is 0 Å². The zero-order valence-corrected chi connectivity index (χ0v) is 7.54. The van der Waals surface area contributed by atoms with Crippen LogP contribution < -0.4 is 5.32 Å². The Hall–Kier alpha value is 0.310. The normalized spacial score (nSPS) is 40.7. The molecule has 2 heteroatoms. The van der Waals surface area contributed by atoms with E-state index in [0.717, 1.165) is 6.04 Å². The van der Waals surface area contributed by atoms with Gasteiger partial charge in [-0.3, -0.25) is 0 Å². The van der Waals surface area contributed by atoms with Gasteiger partial charge in [-0.1, -0.05) is 0 Å². The smallest absolute Gasteiger partial charge is 0.0265 e. The molecule has 1 spiro atoms. The Morgan fingerprint density at radius 2 is 2.00 bits per heavy atom. The molecule has 1 N–H and O–H groups in total. The molecule has 2 heterocycles. The summed E-state index contributed by atoms with van der Waals surface area (Å²) in [6, 6.07) is 0.827. The van der Waals surface area contributed by atoms with Crippen molar-refractivity contribution in [1.29, 1.82) is 0 Å². The molecule has 0 saturated carbocycles. The average molecular weight is 159 g/mol. The second kappa shape index (κ2) is 2.42. The second-order valence-electron chi connectivity index (χ2n) is 3.76. The van der Waals surface area contributed by atoms with Crippen molar-refractivity contribution < 1.29 is 0 Å². The molecular formula is C8H17NS. The maximum Gasteiger partial charge on any atom is 0.0265 e. The van der Waals surface area contributed by atoms with Crippen molar-refractivity contribution in [2.75, 3.05) is 23.1 Å². The van der Waals surface area contributed by atoms with Crippen molar-refractivity contribution in [3.05, 3.63) is 0 Å². The van der Waals surface area contributed by atoms with Gasteiger partial charge in [-0.05, 0) is 37.0 Å². The standard InChI is InChI=1S/C8H17NS/c1-8-6-10(7-9-8)4-2-3-5-10/h8-9H,2-7H2,1H3. The summed E-state index contributed by atoms with van der Waals surface area (Å²) in [5.74, 6) is 6.05. The molecule has 0 aromatic rings. The number of hydrogen-bond acceptors (Lipinski definition) is 1. The fourth-order valence-electron chi connectivity index (χ4n) is 2.20. The average Bonchev–Trinajstić information content (AvgIpc) is 2.46. The molecule has 1 nitrogen and oxygen atoms in total. The summed E-state index contributed by atoms with van der Waals surface area (Å²) in [5.41, 5.74) is 0. The molecule has 60 valence electrons. The molecule has 2 saturated heterocycles. The molecule has 0 bridgehead atoms. The topological polar surface area (TPSA) is 12.0 Å². The summed E-state index contributed by atoms with van der Waals surface area (Å²) in [4.78, 5) is 0. The summed E-state index contributed by atoms with van der Waals surface area (Å²) < 4.78 is 0. The quantitative estimate of drug-likeness (QED) is 0.565. The Bertz CT molecular complexity index is 129. The van der Waals surface area contributed by atoms with Gasteiger partial charge < -0.3 is 5.32 Å². The molecule has 0 amide bonds. The van der Waals surface area contributed by atoms with Crippen molar-refractivity contribution in [2.45, 2.75) is 25.8 Å². The highest BCUT2D eigenvalue weighted by atomic mass is 32.3. The van der Waals surface area contributed by atoms with E-state index in [9.17, 15) is 0 Å². The van der Waals surface area contributed by atoms with Crippen LogP contribution in [0.5, 0.6) is 0 Å². The van der Waals surface area contributed by atoms with Crippen LogP contribution in [0.2, 0.25) is 0 Å². The molecule has 1 atom stereocenters. The number of hydrogen-bond donors (Lipinski definition) is 1. The number of rotatable bonds is 0. The molecular weight excluding hydrogens is 142 g/mol. The Labute approximate surface area is 64.9 Å². The minimum absolute atomic E-state index is 0.0862. The lowest BCUT2D eigenvalue weighted by molar-refractivity contribution is 0.692. The van der Waals surface area contributed by atoms with Crippen LogP contribution in [0.1, 0.15) is 19.8 Å². The van der Waals surface area contributed by atoms with Gasteiger partial charge in [0.25, 0.3) is 0 Å². The van der Waals surface area contributed by atoms with Crippen LogP contribution in [0.25, 0.3) is 0 Å². The van der Waals surface area contributed by atoms with Gasteiger partial charge in [0.2, 0.25) is 0 Å². The fraction of sp³-hybridized carbons (Fsp3) is 1.00. The largest absolute Gasteiger partial charge is 0.306 e. The van der Waals surface area contributed by atoms with Crippen LogP contribution in [-0.2, 0) is 0 Å². The zero-order valence-electron chi connectivity index (χ0n) is 6.73. The molecule has 2 aliphatic rings. The van der Waals surface area contributed by atoms with Crippen LogP contribution in [0.15, 0.2) is 0 Å². The molecule has 0 aromatic heterocycles. The third-order valence-electron chi connectivity index (χ3n) is 2.75. The highest BCUT2D eigenvalue weighted by molar-refractivity contribution is 8.34. The summed E-state index contributed by atoms with van der Waals surface area (Å²) in [6.07, 6.45) is 3.04. The van der Waals surface area contributed by atoms with E-state index in [-0.39, 0.29) is 10.0 Å². The van der Waals surface area contributed by atoms with E-state index >= 15 is 0 Å². The van der Waals surface area contributed by atoms with E-state index in [1.54, 1.807) is 11.5 Å². The molecule has 1 unspecified atom stereocenters. The first-order valence-electron chi connectivity index (χ1n) is 4.28. The van der Waals surface area contributed by atoms with Crippen LogP contribution >= 0.6 is 10.0 Å². The first kappa shape index (κ1) is 6.99. The minimum Gasteiger partial charge on any atom is -0.306 e. The highest BCUT2D eigenvalue weighted by Gasteiger charge is 2.34. The maximum atomic E-state index is 3.59. The molecule has 0 aromatic carbocycles. The Kier molecular flexibility index (Phi) is 1.69. The van der Waals surface area contributed by atoms with Gasteiger partial charge in [0.15, 0.2) is 0 Å². The van der Waals surface area contributed by atoms with Crippen molar-refractivity contribution in [3.63, 3.8) is 0 Å². The first-order valence-corrected chi connectivity index (χ1v) is 6.59. The van der Waals surface area contributed by atoms with E-state index in [4.69, 9.17) is 0 Å². The van der Waals surface area contributed by atoms with Gasteiger partial charge >= 0.3 is 0 Å². The van der Waals surface area contributed by atoms with Crippen LogP contribution in [0.3, 0.4) is 0 Å². The highest BCUT2D eigenvalue weighted by Crippen LogP contribution is 2.55. The SMILES string of the molecule is CC1CS2(CCCC2)CN1. The summed E-state index contributed by atoms with van der Waals surface area (Å²) >= 11 is 0. The monoisotopic (exact) mass is 159 g/mol. The maximum absolute atomic E-state index is 3.59. The molecule has 0 radical (unpaired) electrons.